The maximum absolute atomic E-state index is 10.4. The fourth-order valence-electron chi connectivity index (χ4n) is 0.688. The molecule has 0 aliphatic carbocycles. The minimum absolute atomic E-state index is 0.120. The van der Waals surface area contributed by atoms with Crippen molar-refractivity contribution in [2.75, 3.05) is 0 Å². The van der Waals surface area contributed by atoms with Crippen LogP contribution in [0.4, 0.5) is 0 Å². The predicted molar refractivity (Wildman–Crippen MR) is 52.3 cm³/mol. The lowest BCUT2D eigenvalue weighted by molar-refractivity contribution is -0.105. The van der Waals surface area contributed by atoms with E-state index in [-0.39, 0.29) is 3.79 Å². The Labute approximate surface area is 76.0 Å². The SMILES string of the molecule is CCCCCC=CC(=O)I. The third-order valence-corrected chi connectivity index (χ3v) is 1.58. The number of unbranched alkanes of at least 4 members (excludes halogenated alkanes) is 3. The van der Waals surface area contributed by atoms with Crippen LogP contribution in [-0.4, -0.2) is 3.79 Å². The molecule has 0 unspecified atom stereocenters. The van der Waals surface area contributed by atoms with E-state index in [0.717, 1.165) is 6.42 Å². The molecular formula is C8H13IO. The van der Waals surface area contributed by atoms with Crippen molar-refractivity contribution >= 4 is 26.4 Å². The monoisotopic (exact) mass is 252 g/mol. The molecule has 0 radical (unpaired) electrons. The first kappa shape index (κ1) is 10.1. The minimum Gasteiger partial charge on any atom is -0.283 e. The Hall–Kier alpha value is 0.140. The Morgan fingerprint density at radius 1 is 1.50 bits per heavy atom. The van der Waals surface area contributed by atoms with E-state index in [4.69, 9.17) is 0 Å². The van der Waals surface area contributed by atoms with Gasteiger partial charge in [-0.05, 0) is 18.9 Å². The maximum Gasteiger partial charge on any atom is 0.214 e. The predicted octanol–water partition coefficient (Wildman–Crippen LogP) is 3.08. The average Bonchev–Trinajstić information content (AvgIpc) is 1.87. The Kier molecular flexibility index (Phi) is 7.35. The van der Waals surface area contributed by atoms with Gasteiger partial charge in [0, 0.05) is 22.6 Å². The topological polar surface area (TPSA) is 17.1 Å². The number of halogens is 1. The summed E-state index contributed by atoms with van der Waals surface area (Å²) in [4.78, 5) is 10.4. The highest BCUT2D eigenvalue weighted by molar-refractivity contribution is 14.1. The molecule has 0 aromatic heterocycles. The second kappa shape index (κ2) is 7.25. The van der Waals surface area contributed by atoms with Gasteiger partial charge in [0.15, 0.2) is 0 Å². The van der Waals surface area contributed by atoms with Crippen molar-refractivity contribution in [2.24, 2.45) is 0 Å². The van der Waals surface area contributed by atoms with Crippen molar-refractivity contribution in [3.63, 3.8) is 0 Å². The Morgan fingerprint density at radius 3 is 2.70 bits per heavy atom. The number of carbonyl (C=O) groups excluding carboxylic acids is 1. The molecular weight excluding hydrogens is 239 g/mol. The van der Waals surface area contributed by atoms with Crippen molar-refractivity contribution in [2.45, 2.75) is 32.6 Å². The Bertz CT molecular complexity index is 118. The number of carbonyl (C=O) groups is 1. The zero-order valence-electron chi connectivity index (χ0n) is 6.27. The highest BCUT2D eigenvalue weighted by atomic mass is 127. The van der Waals surface area contributed by atoms with E-state index in [0.29, 0.717) is 0 Å². The number of hydrogen-bond donors (Lipinski definition) is 0. The molecule has 58 valence electrons. The van der Waals surface area contributed by atoms with Crippen molar-refractivity contribution in [3.8, 4) is 0 Å². The van der Waals surface area contributed by atoms with Gasteiger partial charge in [-0.25, -0.2) is 0 Å². The molecule has 0 rings (SSSR count). The van der Waals surface area contributed by atoms with E-state index in [1.807, 2.05) is 6.08 Å². The van der Waals surface area contributed by atoms with Gasteiger partial charge < -0.3 is 0 Å². The zero-order chi connectivity index (χ0) is 7.82. The zero-order valence-corrected chi connectivity index (χ0v) is 8.43. The Morgan fingerprint density at radius 2 is 2.20 bits per heavy atom. The van der Waals surface area contributed by atoms with Gasteiger partial charge in [-0.2, -0.15) is 0 Å². The van der Waals surface area contributed by atoms with E-state index in [9.17, 15) is 4.79 Å². The molecule has 0 atom stereocenters. The molecule has 0 aromatic rings. The second-order valence-corrected chi connectivity index (χ2v) is 3.27. The molecule has 10 heavy (non-hydrogen) atoms. The van der Waals surface area contributed by atoms with Gasteiger partial charge in [0.05, 0.1) is 0 Å². The summed E-state index contributed by atoms with van der Waals surface area (Å²) < 4.78 is 0.120. The molecule has 0 saturated carbocycles. The lowest BCUT2D eigenvalue weighted by Gasteiger charge is -1.89. The number of hydrogen-bond acceptors (Lipinski definition) is 1. The molecule has 0 fully saturated rings. The van der Waals surface area contributed by atoms with Crippen LogP contribution in [0.25, 0.3) is 0 Å². The summed E-state index contributed by atoms with van der Waals surface area (Å²) in [5.74, 6) is 0. The van der Waals surface area contributed by atoms with Crippen molar-refractivity contribution in [3.05, 3.63) is 12.2 Å². The van der Waals surface area contributed by atoms with Crippen LogP contribution in [-0.2, 0) is 4.79 Å². The van der Waals surface area contributed by atoms with Crippen LogP contribution < -0.4 is 0 Å². The standard InChI is InChI=1S/C8H13IO/c1-2-3-4-5-6-7-8(9)10/h6-7H,2-5H2,1H3. The fourth-order valence-corrected chi connectivity index (χ4v) is 0.942. The lowest BCUT2D eigenvalue weighted by Crippen LogP contribution is -1.75. The molecule has 0 heterocycles. The molecule has 0 aliphatic rings. The van der Waals surface area contributed by atoms with Crippen molar-refractivity contribution < 1.29 is 4.79 Å². The third kappa shape index (κ3) is 8.14. The molecule has 0 aromatic carbocycles. The van der Waals surface area contributed by atoms with E-state index in [1.54, 1.807) is 28.7 Å². The minimum atomic E-state index is 0.120. The van der Waals surface area contributed by atoms with Crippen LogP contribution >= 0.6 is 22.6 Å². The number of rotatable bonds is 5. The first-order valence-electron chi connectivity index (χ1n) is 3.63. The van der Waals surface area contributed by atoms with Gasteiger partial charge >= 0.3 is 0 Å². The maximum atomic E-state index is 10.4. The van der Waals surface area contributed by atoms with Gasteiger partial charge in [-0.15, -0.1) is 0 Å². The molecule has 0 aliphatic heterocycles. The fraction of sp³-hybridized carbons (Fsp3) is 0.625. The third-order valence-electron chi connectivity index (χ3n) is 1.22. The van der Waals surface area contributed by atoms with E-state index < -0.39 is 0 Å². The van der Waals surface area contributed by atoms with Crippen LogP contribution in [0.3, 0.4) is 0 Å². The molecule has 0 amide bonds. The van der Waals surface area contributed by atoms with Gasteiger partial charge in [0.25, 0.3) is 0 Å². The molecule has 0 spiro atoms. The normalized spacial score (nSPS) is 10.6. The van der Waals surface area contributed by atoms with Crippen LogP contribution in [0.5, 0.6) is 0 Å². The van der Waals surface area contributed by atoms with Crippen LogP contribution in [0.2, 0.25) is 0 Å². The Balaban J connectivity index is 3.10. The molecule has 0 saturated heterocycles. The first-order valence-corrected chi connectivity index (χ1v) is 4.71. The summed E-state index contributed by atoms with van der Waals surface area (Å²) in [6.45, 7) is 2.17. The van der Waals surface area contributed by atoms with Crippen molar-refractivity contribution in [1.29, 1.82) is 0 Å². The van der Waals surface area contributed by atoms with Crippen LogP contribution in [0.1, 0.15) is 32.6 Å². The second-order valence-electron chi connectivity index (χ2n) is 2.20. The summed E-state index contributed by atoms with van der Waals surface area (Å²) >= 11 is 1.78. The van der Waals surface area contributed by atoms with Gasteiger partial charge in [-0.3, -0.25) is 4.79 Å². The van der Waals surface area contributed by atoms with E-state index >= 15 is 0 Å². The summed E-state index contributed by atoms with van der Waals surface area (Å²) in [7, 11) is 0. The first-order chi connectivity index (χ1) is 4.77. The van der Waals surface area contributed by atoms with E-state index in [1.165, 1.54) is 19.3 Å². The summed E-state index contributed by atoms with van der Waals surface area (Å²) in [5, 5.41) is 0. The molecule has 1 nitrogen and oxygen atoms in total. The van der Waals surface area contributed by atoms with Gasteiger partial charge in [0.1, 0.15) is 0 Å². The van der Waals surface area contributed by atoms with Gasteiger partial charge in [0.2, 0.25) is 3.79 Å². The van der Waals surface area contributed by atoms with Crippen LogP contribution in [0.15, 0.2) is 12.2 Å². The van der Waals surface area contributed by atoms with Crippen molar-refractivity contribution in [1.82, 2.24) is 0 Å². The summed E-state index contributed by atoms with van der Waals surface area (Å²) in [6.07, 6.45) is 8.34. The molecule has 2 heteroatoms. The highest BCUT2D eigenvalue weighted by Crippen LogP contribution is 2.00. The van der Waals surface area contributed by atoms with Gasteiger partial charge in [-0.1, -0.05) is 25.8 Å². The van der Waals surface area contributed by atoms with E-state index in [2.05, 4.69) is 6.92 Å². The molecule has 0 N–H and O–H groups in total. The average molecular weight is 252 g/mol. The quantitative estimate of drug-likeness (QED) is 0.318. The summed E-state index contributed by atoms with van der Waals surface area (Å²) in [5.41, 5.74) is 0. The van der Waals surface area contributed by atoms with Crippen LogP contribution in [0, 0.1) is 0 Å². The smallest absolute Gasteiger partial charge is 0.214 e. The lowest BCUT2D eigenvalue weighted by atomic mass is 10.2. The highest BCUT2D eigenvalue weighted by Gasteiger charge is 1.84. The molecule has 0 bridgehead atoms. The summed E-state index contributed by atoms with van der Waals surface area (Å²) in [6, 6.07) is 0. The number of allylic oxidation sites excluding steroid dienone is 2. The largest absolute Gasteiger partial charge is 0.283 e.